The second-order valence-electron chi connectivity index (χ2n) is 16.7. The van der Waals surface area contributed by atoms with E-state index in [2.05, 4.69) is 206 Å². The zero-order valence-electron chi connectivity index (χ0n) is 33.8. The van der Waals surface area contributed by atoms with Crippen LogP contribution >= 0.6 is 0 Å². The van der Waals surface area contributed by atoms with Gasteiger partial charge in [0, 0.05) is 49.6 Å². The Morgan fingerprint density at radius 3 is 1.23 bits per heavy atom. The van der Waals surface area contributed by atoms with Gasteiger partial charge in [-0.2, -0.15) is 0 Å². The molecule has 4 nitrogen and oxygen atoms in total. The average molecular weight is 771 g/mol. The molecule has 0 unspecified atom stereocenters. The van der Waals surface area contributed by atoms with Crippen LogP contribution in [0.1, 0.15) is 26.3 Å². The van der Waals surface area contributed by atoms with E-state index in [1.165, 1.54) is 66.0 Å². The Bertz CT molecular complexity index is 3310. The molecule has 0 aliphatic rings. The minimum Gasteiger partial charge on any atom is -0.309 e. The Labute approximate surface area is 349 Å². The maximum Gasteiger partial charge on any atom is 0.160 e. The maximum atomic E-state index is 5.07. The van der Waals surface area contributed by atoms with Gasteiger partial charge in [-0.05, 0) is 88.8 Å². The van der Waals surface area contributed by atoms with E-state index in [1.807, 2.05) is 24.3 Å². The third-order valence-corrected chi connectivity index (χ3v) is 11.9. The molecular formula is C56H42N4. The SMILES string of the molecule is CC(C)(C)c1ccc(-n2c3ccccc3c3cc(-c4ccc5c(c4)c4ccccc4n5-c4ccc(-c5cc(-c6ccccc6)nc(-c6ccccc6)n5)cc4)ccc32)cc1. The smallest absolute Gasteiger partial charge is 0.160 e. The van der Waals surface area contributed by atoms with E-state index in [4.69, 9.17) is 9.97 Å². The topological polar surface area (TPSA) is 35.6 Å². The van der Waals surface area contributed by atoms with Crippen molar-refractivity contribution in [3.05, 3.63) is 206 Å². The molecule has 286 valence electrons. The molecule has 0 saturated carbocycles. The Kier molecular flexibility index (Phi) is 8.35. The first kappa shape index (κ1) is 35.6. The highest BCUT2D eigenvalue weighted by Crippen LogP contribution is 2.39. The van der Waals surface area contributed by atoms with Crippen molar-refractivity contribution >= 4 is 43.6 Å². The largest absolute Gasteiger partial charge is 0.309 e. The van der Waals surface area contributed by atoms with Crippen LogP contribution in [0.4, 0.5) is 0 Å². The van der Waals surface area contributed by atoms with E-state index in [1.54, 1.807) is 0 Å². The van der Waals surface area contributed by atoms with Gasteiger partial charge in [0.1, 0.15) is 0 Å². The van der Waals surface area contributed by atoms with Crippen molar-refractivity contribution < 1.29 is 0 Å². The highest BCUT2D eigenvalue weighted by Gasteiger charge is 2.18. The number of fused-ring (bicyclic) bond motifs is 6. The number of aromatic nitrogens is 4. The molecule has 11 rings (SSSR count). The fourth-order valence-electron chi connectivity index (χ4n) is 8.82. The summed E-state index contributed by atoms with van der Waals surface area (Å²) in [6, 6.07) is 71.8. The van der Waals surface area contributed by atoms with Gasteiger partial charge in [0.15, 0.2) is 5.82 Å². The molecule has 0 saturated heterocycles. The molecule has 0 atom stereocenters. The second-order valence-corrected chi connectivity index (χ2v) is 16.7. The van der Waals surface area contributed by atoms with E-state index < -0.39 is 0 Å². The predicted octanol–water partition coefficient (Wildman–Crippen LogP) is 14.6. The number of benzene rings is 8. The van der Waals surface area contributed by atoms with Crippen LogP contribution in [0.5, 0.6) is 0 Å². The Morgan fingerprint density at radius 1 is 0.333 bits per heavy atom. The van der Waals surface area contributed by atoms with Gasteiger partial charge >= 0.3 is 0 Å². The van der Waals surface area contributed by atoms with Crippen LogP contribution in [-0.2, 0) is 5.41 Å². The van der Waals surface area contributed by atoms with Crippen LogP contribution in [0.2, 0.25) is 0 Å². The molecule has 4 heteroatoms. The summed E-state index contributed by atoms with van der Waals surface area (Å²) in [5, 5.41) is 4.96. The van der Waals surface area contributed by atoms with Crippen molar-refractivity contribution in [2.45, 2.75) is 26.2 Å². The fraction of sp³-hybridized carbons (Fsp3) is 0.0714. The zero-order valence-corrected chi connectivity index (χ0v) is 33.8. The third kappa shape index (κ3) is 6.08. The molecule has 3 aromatic heterocycles. The summed E-state index contributed by atoms with van der Waals surface area (Å²) >= 11 is 0. The standard InChI is InChI=1S/C56H42N4/c1-56(2,3)42-26-30-44(31-27-42)60-52-21-13-11-19-46(52)48-35-41(25-33-54(48)60)40-24-32-53-47(34-40)45-18-10-12-20-51(45)59(53)43-28-22-38(23-29-43)50-36-49(37-14-6-4-7-15-37)57-55(58-50)39-16-8-5-9-17-39/h4-36H,1-3H3. The van der Waals surface area contributed by atoms with E-state index in [9.17, 15) is 0 Å². The fourth-order valence-corrected chi connectivity index (χ4v) is 8.82. The maximum absolute atomic E-state index is 5.07. The molecule has 0 amide bonds. The molecule has 0 N–H and O–H groups in total. The zero-order chi connectivity index (χ0) is 40.4. The number of hydrogen-bond acceptors (Lipinski definition) is 2. The number of nitrogens with zero attached hydrogens (tertiary/aromatic N) is 4. The van der Waals surface area contributed by atoms with Crippen LogP contribution in [0, 0.1) is 0 Å². The highest BCUT2D eigenvalue weighted by molar-refractivity contribution is 6.12. The van der Waals surface area contributed by atoms with E-state index >= 15 is 0 Å². The lowest BCUT2D eigenvalue weighted by molar-refractivity contribution is 0.590. The second kappa shape index (κ2) is 14.1. The molecule has 0 fully saturated rings. The summed E-state index contributed by atoms with van der Waals surface area (Å²) in [4.78, 5) is 10.1. The van der Waals surface area contributed by atoms with Gasteiger partial charge in [0.2, 0.25) is 0 Å². The molecular weight excluding hydrogens is 729 g/mol. The number of rotatable bonds is 6. The van der Waals surface area contributed by atoms with Gasteiger partial charge in [-0.25, -0.2) is 9.97 Å². The Hall–Kier alpha value is -7.56. The van der Waals surface area contributed by atoms with Gasteiger partial charge in [-0.3, -0.25) is 0 Å². The first-order chi connectivity index (χ1) is 29.4. The van der Waals surface area contributed by atoms with Crippen LogP contribution in [0.25, 0.3) is 100 Å². The van der Waals surface area contributed by atoms with Crippen LogP contribution in [-0.4, -0.2) is 19.1 Å². The lowest BCUT2D eigenvalue weighted by Gasteiger charge is -2.19. The van der Waals surface area contributed by atoms with E-state index in [0.717, 1.165) is 33.8 Å². The van der Waals surface area contributed by atoms with Crippen molar-refractivity contribution in [1.82, 2.24) is 19.1 Å². The summed E-state index contributed by atoms with van der Waals surface area (Å²) in [5.41, 5.74) is 15.8. The molecule has 8 aromatic carbocycles. The first-order valence-corrected chi connectivity index (χ1v) is 20.7. The van der Waals surface area contributed by atoms with Crippen molar-refractivity contribution in [1.29, 1.82) is 0 Å². The van der Waals surface area contributed by atoms with Gasteiger partial charge in [-0.1, -0.05) is 154 Å². The van der Waals surface area contributed by atoms with Gasteiger partial charge < -0.3 is 9.13 Å². The van der Waals surface area contributed by atoms with Gasteiger partial charge in [-0.15, -0.1) is 0 Å². The summed E-state index contributed by atoms with van der Waals surface area (Å²) in [6.07, 6.45) is 0. The van der Waals surface area contributed by atoms with Crippen LogP contribution < -0.4 is 0 Å². The van der Waals surface area contributed by atoms with Crippen LogP contribution in [0.3, 0.4) is 0 Å². The van der Waals surface area contributed by atoms with Crippen molar-refractivity contribution in [3.63, 3.8) is 0 Å². The minimum atomic E-state index is 0.103. The monoisotopic (exact) mass is 770 g/mol. The van der Waals surface area contributed by atoms with Gasteiger partial charge in [0.05, 0.1) is 33.5 Å². The number of para-hydroxylation sites is 2. The van der Waals surface area contributed by atoms with E-state index in [-0.39, 0.29) is 5.41 Å². The molecule has 0 spiro atoms. The summed E-state index contributed by atoms with van der Waals surface area (Å²) < 4.78 is 4.78. The lowest BCUT2D eigenvalue weighted by atomic mass is 9.87. The first-order valence-electron chi connectivity index (χ1n) is 20.7. The van der Waals surface area contributed by atoms with E-state index in [0.29, 0.717) is 5.82 Å². The molecule has 3 heterocycles. The molecule has 0 radical (unpaired) electrons. The Balaban J connectivity index is 0.990. The van der Waals surface area contributed by atoms with Gasteiger partial charge in [0.25, 0.3) is 0 Å². The third-order valence-electron chi connectivity index (χ3n) is 11.9. The normalized spacial score (nSPS) is 11.9. The lowest BCUT2D eigenvalue weighted by Crippen LogP contribution is -2.10. The minimum absolute atomic E-state index is 0.103. The van der Waals surface area contributed by atoms with Crippen molar-refractivity contribution in [3.8, 4) is 56.4 Å². The molecule has 60 heavy (non-hydrogen) atoms. The van der Waals surface area contributed by atoms with Crippen LogP contribution in [0.15, 0.2) is 200 Å². The highest BCUT2D eigenvalue weighted by atomic mass is 15.0. The summed E-state index contributed by atoms with van der Waals surface area (Å²) in [5.74, 6) is 0.713. The summed E-state index contributed by atoms with van der Waals surface area (Å²) in [7, 11) is 0. The molecule has 0 aliphatic heterocycles. The quantitative estimate of drug-likeness (QED) is 0.169. The molecule has 11 aromatic rings. The number of hydrogen-bond donors (Lipinski definition) is 0. The Morgan fingerprint density at radius 2 is 0.733 bits per heavy atom. The molecule has 0 bridgehead atoms. The average Bonchev–Trinajstić information content (AvgIpc) is 3.81. The predicted molar refractivity (Wildman–Crippen MR) is 251 cm³/mol. The van der Waals surface area contributed by atoms with Crippen molar-refractivity contribution in [2.24, 2.45) is 0 Å². The summed E-state index contributed by atoms with van der Waals surface area (Å²) in [6.45, 7) is 6.79. The molecule has 0 aliphatic carbocycles. The van der Waals surface area contributed by atoms with Crippen molar-refractivity contribution in [2.75, 3.05) is 0 Å².